The normalized spacial score (nSPS) is 21.2. The Labute approximate surface area is 231 Å². The average Bonchev–Trinajstić information content (AvgIpc) is 3.27. The van der Waals surface area contributed by atoms with Gasteiger partial charge in [0, 0.05) is 11.8 Å². The molecule has 200 valence electrons. The molecule has 0 bridgehead atoms. The molecule has 2 aliphatic rings. The van der Waals surface area contributed by atoms with E-state index in [1.165, 1.54) is 0 Å². The average molecular weight is 533 g/mol. The molecule has 0 unspecified atom stereocenters. The van der Waals surface area contributed by atoms with Crippen LogP contribution in [0.2, 0.25) is 0 Å². The number of esters is 2. The van der Waals surface area contributed by atoms with Gasteiger partial charge in [0.1, 0.15) is 11.4 Å². The van der Waals surface area contributed by atoms with Crippen molar-refractivity contribution in [3.63, 3.8) is 0 Å². The number of fused-ring (bicyclic) bond motifs is 5. The molecule has 0 saturated carbocycles. The van der Waals surface area contributed by atoms with Crippen LogP contribution in [0, 0.1) is 5.41 Å². The molecule has 0 aromatic heterocycles. The van der Waals surface area contributed by atoms with Crippen LogP contribution in [0.3, 0.4) is 0 Å². The van der Waals surface area contributed by atoms with Crippen molar-refractivity contribution in [3.05, 3.63) is 119 Å². The minimum Gasteiger partial charge on any atom is -0.454 e. The number of ketones is 1. The number of aliphatic hydroxyl groups is 1. The molecule has 1 N–H and O–H groups in total. The largest absolute Gasteiger partial charge is 0.454 e. The lowest BCUT2D eigenvalue weighted by atomic mass is 9.62. The third-order valence-electron chi connectivity index (χ3n) is 8.40. The second-order valence-electron chi connectivity index (χ2n) is 10.6. The van der Waals surface area contributed by atoms with Crippen LogP contribution in [0.15, 0.2) is 97.1 Å². The van der Waals surface area contributed by atoms with E-state index in [1.54, 1.807) is 60.7 Å². The van der Waals surface area contributed by atoms with E-state index in [4.69, 9.17) is 9.47 Å². The van der Waals surface area contributed by atoms with E-state index in [0.717, 1.165) is 27.5 Å². The maximum atomic E-state index is 13.3. The van der Waals surface area contributed by atoms with Crippen LogP contribution in [0.1, 0.15) is 51.6 Å². The van der Waals surface area contributed by atoms with E-state index in [9.17, 15) is 19.5 Å². The Kier molecular flexibility index (Phi) is 6.35. The molecular weight excluding hydrogens is 504 g/mol. The summed E-state index contributed by atoms with van der Waals surface area (Å²) in [6.45, 7) is 1.43. The molecule has 0 saturated heterocycles. The summed E-state index contributed by atoms with van der Waals surface area (Å²) < 4.78 is 10.9. The van der Waals surface area contributed by atoms with Gasteiger partial charge in [-0.2, -0.15) is 0 Å². The van der Waals surface area contributed by atoms with E-state index in [0.29, 0.717) is 29.7 Å². The molecule has 2 atom stereocenters. The van der Waals surface area contributed by atoms with E-state index in [1.807, 2.05) is 43.3 Å². The van der Waals surface area contributed by atoms with Gasteiger partial charge >= 0.3 is 11.9 Å². The molecule has 0 amide bonds. The number of carbonyl (C=O) groups excluding carboxylic acids is 3. The van der Waals surface area contributed by atoms with E-state index in [-0.39, 0.29) is 6.42 Å². The van der Waals surface area contributed by atoms with Crippen LogP contribution in [-0.4, -0.2) is 35.0 Å². The number of Topliss-reactive ketones (excluding diaryl/α,β-unsaturated/α-hetero) is 1. The van der Waals surface area contributed by atoms with Crippen LogP contribution < -0.4 is 4.74 Å². The van der Waals surface area contributed by atoms with Crippen molar-refractivity contribution in [1.29, 1.82) is 0 Å². The van der Waals surface area contributed by atoms with Gasteiger partial charge in [-0.15, -0.1) is 0 Å². The van der Waals surface area contributed by atoms with Crippen molar-refractivity contribution in [2.75, 3.05) is 6.61 Å². The Bertz CT molecular complexity index is 1670. The minimum atomic E-state index is -1.67. The van der Waals surface area contributed by atoms with E-state index >= 15 is 0 Å². The third kappa shape index (κ3) is 4.21. The first-order chi connectivity index (χ1) is 19.3. The summed E-state index contributed by atoms with van der Waals surface area (Å²) in [5.41, 5.74) is 1.43. The molecule has 2 aliphatic carbocycles. The fourth-order valence-electron chi connectivity index (χ4n) is 6.07. The Balaban J connectivity index is 1.22. The monoisotopic (exact) mass is 532 g/mol. The first kappa shape index (κ1) is 25.7. The molecule has 4 aromatic carbocycles. The van der Waals surface area contributed by atoms with Crippen LogP contribution in [-0.2, 0) is 16.0 Å². The van der Waals surface area contributed by atoms with Crippen LogP contribution in [0.25, 0.3) is 16.3 Å². The highest BCUT2D eigenvalue weighted by atomic mass is 16.5. The molecule has 0 spiro atoms. The number of aryl methyl sites for hydroxylation is 1. The molecule has 6 rings (SSSR count). The first-order valence-corrected chi connectivity index (χ1v) is 13.3. The molecular formula is C34H28O6. The molecule has 4 aromatic rings. The lowest BCUT2D eigenvalue weighted by molar-refractivity contribution is -0.149. The molecule has 0 aliphatic heterocycles. The molecule has 0 fully saturated rings. The molecule has 6 nitrogen and oxygen atoms in total. The van der Waals surface area contributed by atoms with Crippen molar-refractivity contribution >= 4 is 34.1 Å². The number of hydrogen-bond acceptors (Lipinski definition) is 6. The molecule has 6 heteroatoms. The predicted octanol–water partition coefficient (Wildman–Crippen LogP) is 5.96. The topological polar surface area (TPSA) is 89.9 Å². The molecule has 0 radical (unpaired) electrons. The van der Waals surface area contributed by atoms with Crippen LogP contribution in [0.4, 0.5) is 0 Å². The van der Waals surface area contributed by atoms with Gasteiger partial charge in [-0.1, -0.05) is 67.6 Å². The standard InChI is InChI=1S/C34H28O6/c1-33-18-16-27-26-15-13-25(40-32(37)23-10-6-3-7-11-23)20-24(26)12-14-28(27)29(33)17-19-34(33,38)30(35)21-39-31(36)22-8-4-2-5-9-22/h2-15,17,20,38H,16,18-19,21H2,1H3/t33-,34-/m0/s1. The van der Waals surface area contributed by atoms with E-state index < -0.39 is 35.3 Å². The van der Waals surface area contributed by atoms with Crippen molar-refractivity contribution < 1.29 is 29.0 Å². The molecule has 40 heavy (non-hydrogen) atoms. The first-order valence-electron chi connectivity index (χ1n) is 13.3. The molecule has 0 heterocycles. The number of hydrogen-bond donors (Lipinski definition) is 1. The number of benzene rings is 4. The summed E-state index contributed by atoms with van der Waals surface area (Å²) in [7, 11) is 0. The Morgan fingerprint density at radius 3 is 2.23 bits per heavy atom. The predicted molar refractivity (Wildman–Crippen MR) is 151 cm³/mol. The van der Waals surface area contributed by atoms with Gasteiger partial charge < -0.3 is 14.6 Å². The van der Waals surface area contributed by atoms with Crippen LogP contribution >= 0.6 is 0 Å². The van der Waals surface area contributed by atoms with Gasteiger partial charge in [0.2, 0.25) is 5.78 Å². The third-order valence-corrected chi connectivity index (χ3v) is 8.40. The summed E-state index contributed by atoms with van der Waals surface area (Å²) in [5, 5.41) is 13.7. The van der Waals surface area contributed by atoms with Gasteiger partial charge in [-0.25, -0.2) is 9.59 Å². The van der Waals surface area contributed by atoms with Gasteiger partial charge in [-0.3, -0.25) is 4.79 Å². The minimum absolute atomic E-state index is 0.159. The zero-order valence-corrected chi connectivity index (χ0v) is 22.1. The van der Waals surface area contributed by atoms with Gasteiger partial charge in [0.15, 0.2) is 6.61 Å². The number of rotatable bonds is 6. The Morgan fingerprint density at radius 2 is 1.52 bits per heavy atom. The van der Waals surface area contributed by atoms with Crippen molar-refractivity contribution in [1.82, 2.24) is 0 Å². The van der Waals surface area contributed by atoms with E-state index in [2.05, 4.69) is 0 Å². The maximum absolute atomic E-state index is 13.3. The number of ether oxygens (including phenoxy) is 2. The summed E-state index contributed by atoms with van der Waals surface area (Å²) in [5.74, 6) is -1.04. The quantitative estimate of drug-likeness (QED) is 0.244. The zero-order valence-electron chi connectivity index (χ0n) is 22.1. The highest BCUT2D eigenvalue weighted by molar-refractivity contribution is 6.00. The smallest absolute Gasteiger partial charge is 0.343 e. The van der Waals surface area contributed by atoms with Gasteiger partial charge in [0.05, 0.1) is 11.1 Å². The second-order valence-corrected chi connectivity index (χ2v) is 10.6. The Morgan fingerprint density at radius 1 is 0.850 bits per heavy atom. The van der Waals surface area contributed by atoms with Crippen molar-refractivity contribution in [2.45, 2.75) is 31.8 Å². The highest BCUT2D eigenvalue weighted by Crippen LogP contribution is 2.58. The Hall–Kier alpha value is -4.55. The van der Waals surface area contributed by atoms with Gasteiger partial charge in [-0.05, 0) is 76.7 Å². The number of carbonyl (C=O) groups is 3. The van der Waals surface area contributed by atoms with Crippen molar-refractivity contribution in [2.24, 2.45) is 5.41 Å². The highest BCUT2D eigenvalue weighted by Gasteiger charge is 2.58. The lowest BCUT2D eigenvalue weighted by Crippen LogP contribution is -2.53. The fraction of sp³-hybridized carbons (Fsp3) is 0.206. The summed E-state index contributed by atoms with van der Waals surface area (Å²) in [4.78, 5) is 38.2. The van der Waals surface area contributed by atoms with Crippen LogP contribution in [0.5, 0.6) is 5.75 Å². The summed E-state index contributed by atoms with van der Waals surface area (Å²) >= 11 is 0. The SMILES string of the molecule is C[C@]12CCc3c(ccc4cc(OC(=O)c5ccccc5)ccc34)C1=CC[C@]2(O)C(=O)COC(=O)c1ccccc1. The van der Waals surface area contributed by atoms with Crippen molar-refractivity contribution in [3.8, 4) is 5.75 Å². The summed E-state index contributed by atoms with van der Waals surface area (Å²) in [6.07, 6.45) is 3.32. The zero-order chi connectivity index (χ0) is 27.9. The fourth-order valence-corrected chi connectivity index (χ4v) is 6.07. The second kappa shape index (κ2) is 9.88. The van der Waals surface area contributed by atoms with Gasteiger partial charge in [0.25, 0.3) is 0 Å². The maximum Gasteiger partial charge on any atom is 0.343 e. The lowest BCUT2D eigenvalue weighted by Gasteiger charge is -2.44. The summed E-state index contributed by atoms with van der Waals surface area (Å²) in [6, 6.07) is 26.9.